The third kappa shape index (κ3) is 0.614. The molecule has 2 rings (SSSR count). The van der Waals surface area contributed by atoms with Crippen LogP contribution in [0.1, 0.15) is 0 Å². The van der Waals surface area contributed by atoms with E-state index in [0.29, 0.717) is 5.75 Å². The van der Waals surface area contributed by atoms with Gasteiger partial charge in [-0.3, -0.25) is 4.98 Å². The Kier molecular flexibility index (Phi) is 0.828. The van der Waals surface area contributed by atoms with Crippen molar-refractivity contribution >= 4 is 0 Å². The Hall–Kier alpha value is -1.25. The van der Waals surface area contributed by atoms with Gasteiger partial charge in [-0.1, -0.05) is 0 Å². The van der Waals surface area contributed by atoms with Crippen molar-refractivity contribution in [2.45, 2.75) is 0 Å². The van der Waals surface area contributed by atoms with Gasteiger partial charge in [-0.15, -0.1) is 0 Å². The molecule has 1 radical (unpaired) electrons. The van der Waals surface area contributed by atoms with Gasteiger partial charge in [0.25, 0.3) is 0 Å². The summed E-state index contributed by atoms with van der Waals surface area (Å²) in [4.78, 5) is 3.83. The molecule has 9 heavy (non-hydrogen) atoms. The summed E-state index contributed by atoms with van der Waals surface area (Å²) in [5.41, 5.74) is 0. The summed E-state index contributed by atoms with van der Waals surface area (Å²) < 4.78 is 9.80. The van der Waals surface area contributed by atoms with Crippen molar-refractivity contribution in [3.8, 4) is 11.5 Å². The van der Waals surface area contributed by atoms with E-state index in [1.54, 1.807) is 18.5 Å². The normalized spacial score (nSPS) is 13.8. The average Bonchev–Trinajstić information content (AvgIpc) is 2.33. The molecule has 1 aromatic rings. The van der Waals surface area contributed by atoms with Crippen LogP contribution in [0, 0.1) is 6.79 Å². The molecule has 1 aliphatic rings. The van der Waals surface area contributed by atoms with Crippen LogP contribution in [0.25, 0.3) is 0 Å². The summed E-state index contributed by atoms with van der Waals surface area (Å²) in [5, 5.41) is 0. The van der Waals surface area contributed by atoms with Crippen molar-refractivity contribution < 1.29 is 9.47 Å². The Labute approximate surface area is 52.2 Å². The number of pyridine rings is 1. The predicted octanol–water partition coefficient (Wildman–Crippen LogP) is 0.972. The van der Waals surface area contributed by atoms with Crippen molar-refractivity contribution in [1.82, 2.24) is 4.98 Å². The number of aromatic nitrogens is 1. The smallest absolute Gasteiger partial charge is 0.316 e. The second kappa shape index (κ2) is 1.62. The van der Waals surface area contributed by atoms with E-state index in [1.165, 1.54) is 6.79 Å². The molecule has 0 amide bonds. The van der Waals surface area contributed by atoms with Gasteiger partial charge in [-0.25, -0.2) is 0 Å². The van der Waals surface area contributed by atoms with Crippen LogP contribution in [-0.4, -0.2) is 4.98 Å². The van der Waals surface area contributed by atoms with Crippen LogP contribution in [0.5, 0.6) is 11.5 Å². The summed E-state index contributed by atoms with van der Waals surface area (Å²) in [5.74, 6) is 1.41. The van der Waals surface area contributed by atoms with Gasteiger partial charge in [0.15, 0.2) is 11.5 Å². The lowest BCUT2D eigenvalue weighted by atomic mass is 10.4. The van der Waals surface area contributed by atoms with Crippen LogP contribution >= 0.6 is 0 Å². The summed E-state index contributed by atoms with van der Waals surface area (Å²) in [7, 11) is 0. The van der Waals surface area contributed by atoms with Gasteiger partial charge < -0.3 is 9.47 Å². The number of nitrogens with zero attached hydrogens (tertiary/aromatic N) is 1. The summed E-state index contributed by atoms with van der Waals surface area (Å²) in [6.45, 7) is 1.28. The molecule has 0 aliphatic carbocycles. The number of rotatable bonds is 0. The summed E-state index contributed by atoms with van der Waals surface area (Å²) in [6, 6.07) is 1.75. The minimum absolute atomic E-state index is 0.678. The van der Waals surface area contributed by atoms with E-state index in [9.17, 15) is 0 Å². The number of fused-ring (bicyclic) bond motifs is 1. The fraction of sp³-hybridized carbons (Fsp3) is 0. The molecule has 0 spiro atoms. The highest BCUT2D eigenvalue weighted by Gasteiger charge is 2.11. The molecule has 3 nitrogen and oxygen atoms in total. The molecule has 0 aromatic carbocycles. The Morgan fingerprint density at radius 2 is 2.11 bits per heavy atom. The first kappa shape index (κ1) is 4.61. The zero-order chi connectivity index (χ0) is 6.10. The maximum absolute atomic E-state index is 4.91. The van der Waals surface area contributed by atoms with Crippen molar-refractivity contribution in [3.63, 3.8) is 0 Å². The van der Waals surface area contributed by atoms with Gasteiger partial charge in [0.05, 0.1) is 6.20 Å². The van der Waals surface area contributed by atoms with E-state index >= 15 is 0 Å². The third-order valence-electron chi connectivity index (χ3n) is 1.10. The van der Waals surface area contributed by atoms with Gasteiger partial charge >= 0.3 is 6.79 Å². The molecule has 0 saturated heterocycles. The molecule has 3 heteroatoms. The van der Waals surface area contributed by atoms with Crippen LogP contribution in [0.4, 0.5) is 0 Å². The average molecular weight is 122 g/mol. The van der Waals surface area contributed by atoms with E-state index in [1.807, 2.05) is 0 Å². The first-order valence-corrected chi connectivity index (χ1v) is 2.56. The minimum Gasteiger partial charge on any atom is -0.444 e. The molecule has 1 aromatic heterocycles. The third-order valence-corrected chi connectivity index (χ3v) is 1.10. The maximum Gasteiger partial charge on any atom is 0.316 e. The first-order chi connectivity index (χ1) is 4.47. The topological polar surface area (TPSA) is 31.4 Å². The summed E-state index contributed by atoms with van der Waals surface area (Å²) in [6.07, 6.45) is 3.26. The largest absolute Gasteiger partial charge is 0.444 e. The number of ether oxygens (including phenoxy) is 2. The maximum atomic E-state index is 4.91. The van der Waals surface area contributed by atoms with Crippen molar-refractivity contribution in [3.05, 3.63) is 25.3 Å². The van der Waals surface area contributed by atoms with E-state index < -0.39 is 0 Å². The fourth-order valence-electron chi connectivity index (χ4n) is 0.681. The number of hydrogen-bond donors (Lipinski definition) is 0. The highest BCUT2D eigenvalue weighted by atomic mass is 16.7. The van der Waals surface area contributed by atoms with E-state index in [0.717, 1.165) is 5.75 Å². The van der Waals surface area contributed by atoms with Gasteiger partial charge in [0.1, 0.15) is 0 Å². The van der Waals surface area contributed by atoms with Gasteiger partial charge in [-0.05, 0) is 0 Å². The lowest BCUT2D eigenvalue weighted by Crippen LogP contribution is -1.83. The van der Waals surface area contributed by atoms with Gasteiger partial charge in [0, 0.05) is 12.3 Å². The van der Waals surface area contributed by atoms with Crippen LogP contribution < -0.4 is 9.47 Å². The minimum atomic E-state index is 0.678. The molecule has 0 saturated carbocycles. The molecule has 2 heterocycles. The highest BCUT2D eigenvalue weighted by Crippen LogP contribution is 2.30. The summed E-state index contributed by atoms with van der Waals surface area (Å²) >= 11 is 0. The lowest BCUT2D eigenvalue weighted by molar-refractivity contribution is 0.270. The second-order valence-corrected chi connectivity index (χ2v) is 1.65. The molecule has 0 fully saturated rings. The Morgan fingerprint density at radius 1 is 1.22 bits per heavy atom. The quantitative estimate of drug-likeness (QED) is 0.513. The molecular weight excluding hydrogens is 118 g/mol. The zero-order valence-corrected chi connectivity index (χ0v) is 4.57. The zero-order valence-electron chi connectivity index (χ0n) is 4.57. The van der Waals surface area contributed by atoms with Crippen LogP contribution in [-0.2, 0) is 0 Å². The molecule has 0 unspecified atom stereocenters. The molecular formula is C6H4NO2. The molecule has 45 valence electrons. The Balaban J connectivity index is 2.54. The Bertz CT molecular complexity index is 201. The monoisotopic (exact) mass is 122 g/mol. The predicted molar refractivity (Wildman–Crippen MR) is 29.8 cm³/mol. The molecule has 1 aliphatic heterocycles. The van der Waals surface area contributed by atoms with Gasteiger partial charge in [-0.2, -0.15) is 0 Å². The van der Waals surface area contributed by atoms with E-state index in [-0.39, 0.29) is 0 Å². The number of hydrogen-bond acceptors (Lipinski definition) is 3. The standard InChI is InChI=1S/C6H4NO2/c1-2-7-3-6-5(1)8-4-9-6/h1-4H. The van der Waals surface area contributed by atoms with Crippen molar-refractivity contribution in [2.24, 2.45) is 0 Å². The second-order valence-electron chi connectivity index (χ2n) is 1.65. The SMILES string of the molecule is [CH]1Oc2ccncc2O1. The Morgan fingerprint density at radius 3 is 3.00 bits per heavy atom. The van der Waals surface area contributed by atoms with E-state index in [2.05, 4.69) is 4.98 Å². The van der Waals surface area contributed by atoms with E-state index in [4.69, 9.17) is 9.47 Å². The van der Waals surface area contributed by atoms with Crippen LogP contribution in [0.15, 0.2) is 18.5 Å². The van der Waals surface area contributed by atoms with Crippen molar-refractivity contribution in [2.75, 3.05) is 0 Å². The fourth-order valence-corrected chi connectivity index (χ4v) is 0.681. The van der Waals surface area contributed by atoms with Crippen LogP contribution in [0.2, 0.25) is 0 Å². The molecule has 0 N–H and O–H groups in total. The first-order valence-electron chi connectivity index (χ1n) is 2.56. The highest BCUT2D eigenvalue weighted by molar-refractivity contribution is 5.39. The molecule has 0 atom stereocenters. The van der Waals surface area contributed by atoms with Gasteiger partial charge in [0.2, 0.25) is 0 Å². The lowest BCUT2D eigenvalue weighted by Gasteiger charge is -1.88. The van der Waals surface area contributed by atoms with Crippen molar-refractivity contribution in [1.29, 1.82) is 0 Å². The molecule has 0 bridgehead atoms. The van der Waals surface area contributed by atoms with Crippen LogP contribution in [0.3, 0.4) is 0 Å².